The lowest BCUT2D eigenvalue weighted by atomic mass is 10.1. The Kier molecular flexibility index (Phi) is 5.98. The molecule has 1 N–H and O–H groups in total. The molecule has 4 aromatic rings. The Balaban J connectivity index is 1.60. The Morgan fingerprint density at radius 2 is 1.68 bits per heavy atom. The fourth-order valence-electron chi connectivity index (χ4n) is 3.16. The first-order valence-corrected chi connectivity index (χ1v) is 10.2. The number of carbonyl (C=O) groups excluding carboxylic acids is 2. The van der Waals surface area contributed by atoms with E-state index in [0.717, 1.165) is 5.56 Å². The van der Waals surface area contributed by atoms with Crippen molar-refractivity contribution in [2.24, 2.45) is 0 Å². The molecule has 0 saturated carbocycles. The van der Waals surface area contributed by atoms with Crippen LogP contribution in [0.4, 0.5) is 5.69 Å². The predicted molar refractivity (Wildman–Crippen MR) is 121 cm³/mol. The van der Waals surface area contributed by atoms with Gasteiger partial charge in [0, 0.05) is 21.0 Å². The summed E-state index contributed by atoms with van der Waals surface area (Å²) >= 11 is 11.9. The average Bonchev–Trinajstić information content (AvgIpc) is 3.11. The Morgan fingerprint density at radius 1 is 0.968 bits per heavy atom. The van der Waals surface area contributed by atoms with Gasteiger partial charge < -0.3 is 14.5 Å². The molecule has 0 unspecified atom stereocenters. The molecule has 0 radical (unpaired) electrons. The Morgan fingerprint density at radius 3 is 2.42 bits per heavy atom. The maximum atomic E-state index is 13.1. The minimum absolute atomic E-state index is 0.0412. The van der Waals surface area contributed by atoms with Crippen molar-refractivity contribution >= 4 is 51.5 Å². The van der Waals surface area contributed by atoms with E-state index in [1.165, 1.54) is 0 Å². The summed E-state index contributed by atoms with van der Waals surface area (Å²) in [5.74, 6) is -0.197. The van der Waals surface area contributed by atoms with Crippen molar-refractivity contribution in [1.82, 2.24) is 0 Å². The third-order valence-corrected chi connectivity index (χ3v) is 5.16. The van der Waals surface area contributed by atoms with Crippen LogP contribution in [0.25, 0.3) is 11.0 Å². The number of amides is 1. The van der Waals surface area contributed by atoms with Gasteiger partial charge in [0.2, 0.25) is 5.78 Å². The van der Waals surface area contributed by atoms with Gasteiger partial charge in [-0.15, -0.1) is 0 Å². The minimum atomic E-state index is -0.425. The highest BCUT2D eigenvalue weighted by molar-refractivity contribution is 6.31. The molecule has 1 heterocycles. The highest BCUT2D eigenvalue weighted by Crippen LogP contribution is 2.33. The molecule has 0 aliphatic carbocycles. The number of benzene rings is 3. The van der Waals surface area contributed by atoms with Crippen molar-refractivity contribution in [1.29, 1.82) is 0 Å². The highest BCUT2D eigenvalue weighted by atomic mass is 35.5. The van der Waals surface area contributed by atoms with Crippen molar-refractivity contribution < 1.29 is 18.7 Å². The maximum Gasteiger partial charge on any atom is 0.262 e. The van der Waals surface area contributed by atoms with Crippen LogP contribution in [0.3, 0.4) is 0 Å². The van der Waals surface area contributed by atoms with Crippen molar-refractivity contribution in [3.8, 4) is 5.75 Å². The molecule has 0 atom stereocenters. The fraction of sp³-hybridized carbons (Fsp3) is 0.0833. The van der Waals surface area contributed by atoms with E-state index in [1.807, 2.05) is 6.92 Å². The van der Waals surface area contributed by atoms with Gasteiger partial charge in [0.05, 0.1) is 5.69 Å². The predicted octanol–water partition coefficient (Wildman–Crippen LogP) is 6.30. The number of hydrogen-bond donors (Lipinski definition) is 1. The average molecular weight is 454 g/mol. The molecule has 5 nitrogen and oxygen atoms in total. The van der Waals surface area contributed by atoms with Crippen molar-refractivity contribution in [3.05, 3.63) is 93.7 Å². The molecule has 0 fully saturated rings. The van der Waals surface area contributed by atoms with Crippen LogP contribution in [0.5, 0.6) is 5.75 Å². The number of anilines is 1. The summed E-state index contributed by atoms with van der Waals surface area (Å²) in [6, 6.07) is 18.7. The van der Waals surface area contributed by atoms with E-state index >= 15 is 0 Å². The smallest absolute Gasteiger partial charge is 0.262 e. The van der Waals surface area contributed by atoms with Crippen LogP contribution in [-0.4, -0.2) is 18.3 Å². The first-order chi connectivity index (χ1) is 14.9. The molecule has 1 amide bonds. The van der Waals surface area contributed by atoms with E-state index in [0.29, 0.717) is 38.0 Å². The number of ketones is 1. The lowest BCUT2D eigenvalue weighted by molar-refractivity contribution is -0.118. The number of fused-ring (bicyclic) bond motifs is 1. The SMILES string of the molecule is Cc1cc(Cl)ccc1OCC(=O)Nc1c(C(=O)c2ccc(Cl)cc2)oc2ccccc12. The number of ether oxygens (including phenoxy) is 1. The van der Waals surface area contributed by atoms with Gasteiger partial charge in [0.25, 0.3) is 5.91 Å². The lowest BCUT2D eigenvalue weighted by Gasteiger charge is -2.10. The molecule has 0 aliphatic rings. The van der Waals surface area contributed by atoms with E-state index in [4.69, 9.17) is 32.4 Å². The molecule has 1 aromatic heterocycles. The van der Waals surface area contributed by atoms with E-state index in [-0.39, 0.29) is 18.2 Å². The molecule has 4 rings (SSSR count). The highest BCUT2D eigenvalue weighted by Gasteiger charge is 2.23. The Labute approximate surface area is 188 Å². The standard InChI is InChI=1S/C24H17Cl2NO4/c1-14-12-17(26)10-11-19(14)30-13-21(28)27-22-18-4-2-3-5-20(18)31-24(22)23(29)15-6-8-16(25)9-7-15/h2-12H,13H2,1H3,(H,27,28). The number of nitrogens with one attached hydrogen (secondary N) is 1. The molecule has 7 heteroatoms. The minimum Gasteiger partial charge on any atom is -0.483 e. The van der Waals surface area contributed by atoms with Gasteiger partial charge in [-0.25, -0.2) is 0 Å². The summed E-state index contributed by atoms with van der Waals surface area (Å²) in [5.41, 5.74) is 2.00. The summed E-state index contributed by atoms with van der Waals surface area (Å²) in [4.78, 5) is 25.7. The second-order valence-electron chi connectivity index (χ2n) is 6.89. The summed E-state index contributed by atoms with van der Waals surface area (Å²) < 4.78 is 11.4. The fourth-order valence-corrected chi connectivity index (χ4v) is 3.51. The van der Waals surface area contributed by atoms with Crippen LogP contribution in [-0.2, 0) is 4.79 Å². The van der Waals surface area contributed by atoms with E-state index < -0.39 is 5.91 Å². The summed E-state index contributed by atoms with van der Waals surface area (Å²) in [6.07, 6.45) is 0. The maximum absolute atomic E-state index is 13.1. The summed E-state index contributed by atoms with van der Waals surface area (Å²) in [7, 11) is 0. The number of furan rings is 1. The quantitative estimate of drug-likeness (QED) is 0.348. The second kappa shape index (κ2) is 8.84. The number of para-hydroxylation sites is 1. The number of aryl methyl sites for hydroxylation is 1. The van der Waals surface area contributed by atoms with Gasteiger partial charge >= 0.3 is 0 Å². The van der Waals surface area contributed by atoms with Gasteiger partial charge in [0.1, 0.15) is 11.3 Å². The topological polar surface area (TPSA) is 68.5 Å². The number of hydrogen-bond acceptors (Lipinski definition) is 4. The Bertz CT molecular complexity index is 1280. The molecule has 0 bridgehead atoms. The monoisotopic (exact) mass is 453 g/mol. The summed E-state index contributed by atoms with van der Waals surface area (Å²) in [6.45, 7) is 1.60. The first-order valence-electron chi connectivity index (χ1n) is 9.43. The van der Waals surface area contributed by atoms with E-state index in [2.05, 4.69) is 5.32 Å². The summed E-state index contributed by atoms with van der Waals surface area (Å²) in [5, 5.41) is 4.49. The van der Waals surface area contributed by atoms with Crippen LogP contribution in [0.2, 0.25) is 10.0 Å². The van der Waals surface area contributed by atoms with Crippen molar-refractivity contribution in [2.45, 2.75) is 6.92 Å². The number of halogens is 2. The van der Waals surface area contributed by atoms with Crippen LogP contribution in [0.1, 0.15) is 21.7 Å². The zero-order chi connectivity index (χ0) is 22.0. The van der Waals surface area contributed by atoms with E-state index in [9.17, 15) is 9.59 Å². The number of carbonyl (C=O) groups is 2. The van der Waals surface area contributed by atoms with E-state index in [1.54, 1.807) is 66.7 Å². The third kappa shape index (κ3) is 4.58. The van der Waals surface area contributed by atoms with Crippen LogP contribution < -0.4 is 10.1 Å². The van der Waals surface area contributed by atoms with Crippen LogP contribution in [0.15, 0.2) is 71.1 Å². The number of rotatable bonds is 6. The van der Waals surface area contributed by atoms with Crippen molar-refractivity contribution in [3.63, 3.8) is 0 Å². The molecular formula is C24H17Cl2NO4. The molecule has 0 saturated heterocycles. The van der Waals surface area contributed by atoms with Gasteiger partial charge in [-0.05, 0) is 67.1 Å². The van der Waals surface area contributed by atoms with Crippen molar-refractivity contribution in [2.75, 3.05) is 11.9 Å². The van der Waals surface area contributed by atoms with Crippen LogP contribution >= 0.6 is 23.2 Å². The normalized spacial score (nSPS) is 10.8. The largest absolute Gasteiger partial charge is 0.483 e. The molecule has 0 aliphatic heterocycles. The Hall–Kier alpha value is -3.28. The molecule has 31 heavy (non-hydrogen) atoms. The third-order valence-electron chi connectivity index (χ3n) is 4.67. The molecule has 156 valence electrons. The lowest BCUT2D eigenvalue weighted by Crippen LogP contribution is -2.21. The molecule has 0 spiro atoms. The van der Waals surface area contributed by atoms with Gasteiger partial charge in [-0.2, -0.15) is 0 Å². The molecular weight excluding hydrogens is 437 g/mol. The first kappa shape index (κ1) is 21.0. The van der Waals surface area contributed by atoms with Gasteiger partial charge in [0.15, 0.2) is 12.4 Å². The van der Waals surface area contributed by atoms with Crippen LogP contribution in [0, 0.1) is 6.92 Å². The van der Waals surface area contributed by atoms with Gasteiger partial charge in [-0.3, -0.25) is 9.59 Å². The molecule has 3 aromatic carbocycles. The zero-order valence-electron chi connectivity index (χ0n) is 16.4. The zero-order valence-corrected chi connectivity index (χ0v) is 18.0. The van der Waals surface area contributed by atoms with Gasteiger partial charge in [-0.1, -0.05) is 35.3 Å². The second-order valence-corrected chi connectivity index (χ2v) is 7.76.